The summed E-state index contributed by atoms with van der Waals surface area (Å²) in [4.78, 5) is 50.3. The second-order valence-electron chi connectivity index (χ2n) is 6.02. The van der Waals surface area contributed by atoms with Gasteiger partial charge in [0.2, 0.25) is 0 Å². The third kappa shape index (κ3) is 4.30. The molecular weight excluding hydrogens is 376 g/mol. The Labute approximate surface area is 161 Å². The molecule has 3 atom stereocenters. The van der Waals surface area contributed by atoms with Gasteiger partial charge in [0, 0.05) is 5.56 Å². The second kappa shape index (κ2) is 8.99. The van der Waals surface area contributed by atoms with Crippen LogP contribution in [-0.4, -0.2) is 43.0 Å². The van der Waals surface area contributed by atoms with Gasteiger partial charge in [-0.3, -0.25) is 19.2 Å². The van der Waals surface area contributed by atoms with E-state index in [0.717, 1.165) is 0 Å². The summed E-state index contributed by atoms with van der Waals surface area (Å²) >= 11 is 6.10. The lowest BCUT2D eigenvalue weighted by molar-refractivity contribution is -0.168. The van der Waals surface area contributed by atoms with E-state index < -0.39 is 47.5 Å². The fourth-order valence-corrected chi connectivity index (χ4v) is 3.42. The van der Waals surface area contributed by atoms with E-state index in [4.69, 9.17) is 25.8 Å². The van der Waals surface area contributed by atoms with E-state index in [0.29, 0.717) is 0 Å². The standard InChI is InChI=1S/C19H21ClO7/c1-4-25-17(22)15(18(23)26-5-2)14-13(10(3)27-19(14)24)16(21)11-8-6-7-9-12(11)20/h6-10,13-15H,4-5H2,1-3H3/t10?,13-,14+/m0/s1. The number of carbonyl (C=O) groups excluding carboxylic acids is 4. The molecule has 0 saturated carbocycles. The van der Waals surface area contributed by atoms with Crippen LogP contribution in [0.15, 0.2) is 24.3 Å². The Bertz CT molecular complexity index is 727. The van der Waals surface area contributed by atoms with Crippen LogP contribution in [0.1, 0.15) is 31.1 Å². The van der Waals surface area contributed by atoms with Crippen molar-refractivity contribution in [1.29, 1.82) is 0 Å². The maximum Gasteiger partial charge on any atom is 0.321 e. The minimum Gasteiger partial charge on any atom is -0.465 e. The van der Waals surface area contributed by atoms with Crippen LogP contribution >= 0.6 is 11.6 Å². The van der Waals surface area contributed by atoms with Gasteiger partial charge in [0.05, 0.1) is 30.1 Å². The molecule has 0 aliphatic carbocycles. The number of carbonyl (C=O) groups is 4. The summed E-state index contributed by atoms with van der Waals surface area (Å²) < 4.78 is 15.1. The van der Waals surface area contributed by atoms with Crippen LogP contribution < -0.4 is 0 Å². The third-order valence-corrected chi connectivity index (χ3v) is 4.68. The van der Waals surface area contributed by atoms with E-state index in [9.17, 15) is 19.2 Å². The molecule has 1 heterocycles. The van der Waals surface area contributed by atoms with Crippen LogP contribution in [0.5, 0.6) is 0 Å². The van der Waals surface area contributed by atoms with Crippen molar-refractivity contribution in [2.24, 2.45) is 17.8 Å². The number of Topliss-reactive ketones (excluding diaryl/α,β-unsaturated/α-hetero) is 1. The monoisotopic (exact) mass is 396 g/mol. The Morgan fingerprint density at radius 2 is 1.67 bits per heavy atom. The van der Waals surface area contributed by atoms with E-state index in [1.54, 1.807) is 32.0 Å². The maximum atomic E-state index is 13.1. The first-order valence-corrected chi connectivity index (χ1v) is 9.03. The number of benzene rings is 1. The zero-order valence-corrected chi connectivity index (χ0v) is 16.0. The van der Waals surface area contributed by atoms with Crippen LogP contribution in [0, 0.1) is 17.8 Å². The summed E-state index contributed by atoms with van der Waals surface area (Å²) in [5, 5.41) is 0.205. The number of ketones is 1. The molecule has 1 saturated heterocycles. The fourth-order valence-electron chi connectivity index (χ4n) is 3.19. The van der Waals surface area contributed by atoms with Crippen molar-refractivity contribution in [3.05, 3.63) is 34.9 Å². The molecule has 1 fully saturated rings. The van der Waals surface area contributed by atoms with Gasteiger partial charge in [0.15, 0.2) is 11.7 Å². The number of hydrogen-bond donors (Lipinski definition) is 0. The van der Waals surface area contributed by atoms with Gasteiger partial charge in [-0.1, -0.05) is 23.7 Å². The molecule has 0 aromatic heterocycles. The first kappa shape index (κ1) is 20.9. The Kier molecular flexibility index (Phi) is 6.96. The van der Waals surface area contributed by atoms with Crippen molar-refractivity contribution in [3.63, 3.8) is 0 Å². The third-order valence-electron chi connectivity index (χ3n) is 4.35. The van der Waals surface area contributed by atoms with Gasteiger partial charge in [-0.25, -0.2) is 0 Å². The van der Waals surface area contributed by atoms with Crippen molar-refractivity contribution in [3.8, 4) is 0 Å². The lowest BCUT2D eigenvalue weighted by atomic mass is 9.77. The quantitative estimate of drug-likeness (QED) is 0.302. The number of rotatable bonds is 7. The number of cyclic esters (lactones) is 1. The summed E-state index contributed by atoms with van der Waals surface area (Å²) in [5.41, 5.74) is 0.186. The van der Waals surface area contributed by atoms with Gasteiger partial charge < -0.3 is 14.2 Å². The molecule has 2 rings (SSSR count). The summed E-state index contributed by atoms with van der Waals surface area (Å²) in [6, 6.07) is 6.35. The molecule has 7 nitrogen and oxygen atoms in total. The molecule has 1 aromatic carbocycles. The minimum absolute atomic E-state index is 0.00911. The smallest absolute Gasteiger partial charge is 0.321 e. The molecule has 1 unspecified atom stereocenters. The Hall–Kier alpha value is -2.41. The molecule has 1 aliphatic rings. The van der Waals surface area contributed by atoms with Crippen molar-refractivity contribution in [2.45, 2.75) is 26.9 Å². The van der Waals surface area contributed by atoms with Crippen molar-refractivity contribution in [2.75, 3.05) is 13.2 Å². The molecule has 0 bridgehead atoms. The van der Waals surface area contributed by atoms with E-state index >= 15 is 0 Å². The van der Waals surface area contributed by atoms with Gasteiger partial charge in [-0.2, -0.15) is 0 Å². The summed E-state index contributed by atoms with van der Waals surface area (Å²) in [6.45, 7) is 4.69. The lowest BCUT2D eigenvalue weighted by Gasteiger charge is -2.23. The average Bonchev–Trinajstić information content (AvgIpc) is 2.89. The molecule has 0 N–H and O–H groups in total. The van der Waals surface area contributed by atoms with Crippen molar-refractivity contribution < 1.29 is 33.4 Å². The lowest BCUT2D eigenvalue weighted by Crippen LogP contribution is -2.42. The van der Waals surface area contributed by atoms with Gasteiger partial charge in [-0.15, -0.1) is 0 Å². The van der Waals surface area contributed by atoms with E-state index in [1.165, 1.54) is 13.0 Å². The maximum absolute atomic E-state index is 13.1. The first-order chi connectivity index (χ1) is 12.8. The van der Waals surface area contributed by atoms with Gasteiger partial charge in [0.25, 0.3) is 0 Å². The van der Waals surface area contributed by atoms with Crippen molar-refractivity contribution >= 4 is 35.3 Å². The van der Waals surface area contributed by atoms with E-state index in [1.807, 2.05) is 0 Å². The van der Waals surface area contributed by atoms with Gasteiger partial charge in [-0.05, 0) is 32.9 Å². The topological polar surface area (TPSA) is 96.0 Å². The zero-order valence-electron chi connectivity index (χ0n) is 15.3. The molecule has 1 aromatic rings. The average molecular weight is 397 g/mol. The normalized spacial score (nSPS) is 21.7. The van der Waals surface area contributed by atoms with Crippen LogP contribution in [0.4, 0.5) is 0 Å². The molecule has 0 amide bonds. The Morgan fingerprint density at radius 3 is 2.19 bits per heavy atom. The Balaban J connectivity index is 2.47. The molecule has 146 valence electrons. The summed E-state index contributed by atoms with van der Waals surface area (Å²) in [7, 11) is 0. The van der Waals surface area contributed by atoms with Crippen LogP contribution in [0.3, 0.4) is 0 Å². The highest BCUT2D eigenvalue weighted by Crippen LogP contribution is 2.38. The number of hydrogen-bond acceptors (Lipinski definition) is 7. The van der Waals surface area contributed by atoms with Gasteiger partial charge >= 0.3 is 17.9 Å². The predicted octanol–water partition coefficient (Wildman–Crippen LogP) is 2.44. The van der Waals surface area contributed by atoms with Gasteiger partial charge in [0.1, 0.15) is 6.10 Å². The highest BCUT2D eigenvalue weighted by molar-refractivity contribution is 6.34. The minimum atomic E-state index is -1.58. The molecule has 0 radical (unpaired) electrons. The highest BCUT2D eigenvalue weighted by Gasteiger charge is 2.56. The molecule has 27 heavy (non-hydrogen) atoms. The predicted molar refractivity (Wildman–Crippen MR) is 95.1 cm³/mol. The van der Waals surface area contributed by atoms with Crippen LogP contribution in [0.25, 0.3) is 0 Å². The summed E-state index contributed by atoms with van der Waals surface area (Å²) in [6.07, 6.45) is -0.836. The fraction of sp³-hybridized carbons (Fsp3) is 0.474. The molecular formula is C19H21ClO7. The SMILES string of the molecule is CCOC(=O)C(C(=O)OCC)[C@@H]1C(=O)OC(C)[C@@H]1C(=O)c1ccccc1Cl. The van der Waals surface area contributed by atoms with Crippen LogP contribution in [0.2, 0.25) is 5.02 Å². The molecule has 1 aliphatic heterocycles. The highest BCUT2D eigenvalue weighted by atomic mass is 35.5. The Morgan fingerprint density at radius 1 is 1.11 bits per heavy atom. The first-order valence-electron chi connectivity index (χ1n) is 8.65. The molecule has 0 spiro atoms. The second-order valence-corrected chi connectivity index (χ2v) is 6.43. The van der Waals surface area contributed by atoms with E-state index in [-0.39, 0.29) is 23.8 Å². The number of ether oxygens (including phenoxy) is 3. The van der Waals surface area contributed by atoms with Crippen LogP contribution in [-0.2, 0) is 28.6 Å². The molecule has 8 heteroatoms. The zero-order chi connectivity index (χ0) is 20.1. The van der Waals surface area contributed by atoms with E-state index in [2.05, 4.69) is 0 Å². The largest absolute Gasteiger partial charge is 0.465 e. The number of esters is 3. The number of halogens is 1. The summed E-state index contributed by atoms with van der Waals surface area (Å²) in [5.74, 6) is -7.16. The van der Waals surface area contributed by atoms with Crippen molar-refractivity contribution in [1.82, 2.24) is 0 Å².